The van der Waals surface area contributed by atoms with Crippen molar-refractivity contribution in [2.75, 3.05) is 6.54 Å². The summed E-state index contributed by atoms with van der Waals surface area (Å²) in [6.45, 7) is 0.740. The molecular formula is C9H12F3N. The Morgan fingerprint density at radius 2 is 2.08 bits per heavy atom. The van der Waals surface area contributed by atoms with Gasteiger partial charge in [0.25, 0.3) is 6.43 Å². The smallest absolute Gasteiger partial charge is 0.273 e. The first-order valence-electron chi connectivity index (χ1n) is 4.84. The van der Waals surface area contributed by atoms with Crippen LogP contribution in [-0.2, 0) is 0 Å². The van der Waals surface area contributed by atoms with Gasteiger partial charge < -0.3 is 5.32 Å². The predicted molar refractivity (Wildman–Crippen MR) is 41.3 cm³/mol. The van der Waals surface area contributed by atoms with Crippen LogP contribution in [0.2, 0.25) is 0 Å². The summed E-state index contributed by atoms with van der Waals surface area (Å²) in [5.41, 5.74) is -2.22. The molecule has 2 saturated carbocycles. The van der Waals surface area contributed by atoms with E-state index in [-0.39, 0.29) is 11.8 Å². The quantitative estimate of drug-likeness (QED) is 0.663. The summed E-state index contributed by atoms with van der Waals surface area (Å²) in [6, 6.07) is -0.559. The molecule has 3 fully saturated rings. The molecule has 2 aliphatic carbocycles. The Morgan fingerprint density at radius 1 is 1.31 bits per heavy atom. The third-order valence-electron chi connectivity index (χ3n) is 4.21. The number of hydrogen-bond donors (Lipinski definition) is 1. The summed E-state index contributed by atoms with van der Waals surface area (Å²) in [5, 5.41) is 2.93. The van der Waals surface area contributed by atoms with Crippen LogP contribution >= 0.6 is 0 Å². The molecule has 2 bridgehead atoms. The lowest BCUT2D eigenvalue weighted by Crippen LogP contribution is -2.52. The van der Waals surface area contributed by atoms with Crippen molar-refractivity contribution in [3.63, 3.8) is 0 Å². The highest BCUT2D eigenvalue weighted by molar-refractivity contribution is 5.18. The lowest BCUT2D eigenvalue weighted by molar-refractivity contribution is -0.0820. The molecule has 1 nitrogen and oxygen atoms in total. The van der Waals surface area contributed by atoms with E-state index < -0.39 is 18.1 Å². The first-order chi connectivity index (χ1) is 6.14. The Labute approximate surface area is 74.7 Å². The third-order valence-corrected chi connectivity index (χ3v) is 4.21. The van der Waals surface area contributed by atoms with Crippen LogP contribution < -0.4 is 5.32 Å². The second kappa shape index (κ2) is 2.22. The standard InChI is InChI=1S/C9H12F3N/c10-8(11)9(12)5-1-4-3-13-7(9)6(4)2-5/h4-8,13H,1-3H2. The fourth-order valence-corrected chi connectivity index (χ4v) is 3.64. The maximum atomic E-state index is 14.0. The topological polar surface area (TPSA) is 12.0 Å². The molecule has 4 heteroatoms. The van der Waals surface area contributed by atoms with Gasteiger partial charge in [0, 0.05) is 5.92 Å². The summed E-state index contributed by atoms with van der Waals surface area (Å²) in [4.78, 5) is 0. The van der Waals surface area contributed by atoms with Crippen molar-refractivity contribution in [2.24, 2.45) is 17.8 Å². The minimum Gasteiger partial charge on any atom is -0.310 e. The van der Waals surface area contributed by atoms with E-state index in [2.05, 4.69) is 5.32 Å². The van der Waals surface area contributed by atoms with Crippen LogP contribution in [0.1, 0.15) is 12.8 Å². The zero-order valence-electron chi connectivity index (χ0n) is 7.14. The van der Waals surface area contributed by atoms with Crippen LogP contribution in [0.3, 0.4) is 0 Å². The van der Waals surface area contributed by atoms with E-state index in [0.717, 1.165) is 6.54 Å². The minimum atomic E-state index is -2.82. The first-order valence-corrected chi connectivity index (χ1v) is 4.84. The van der Waals surface area contributed by atoms with Crippen molar-refractivity contribution >= 4 is 0 Å². The van der Waals surface area contributed by atoms with Crippen LogP contribution in [0.4, 0.5) is 13.2 Å². The summed E-state index contributed by atoms with van der Waals surface area (Å²) in [6.07, 6.45) is -1.49. The largest absolute Gasteiger partial charge is 0.310 e. The van der Waals surface area contributed by atoms with Gasteiger partial charge in [0.05, 0.1) is 6.04 Å². The van der Waals surface area contributed by atoms with E-state index in [1.165, 1.54) is 0 Å². The van der Waals surface area contributed by atoms with Crippen LogP contribution in [0.15, 0.2) is 0 Å². The van der Waals surface area contributed by atoms with Gasteiger partial charge in [-0.25, -0.2) is 13.2 Å². The van der Waals surface area contributed by atoms with Crippen LogP contribution in [-0.4, -0.2) is 24.7 Å². The fourth-order valence-electron chi connectivity index (χ4n) is 3.64. The van der Waals surface area contributed by atoms with Crippen molar-refractivity contribution < 1.29 is 13.2 Å². The Bertz CT molecular complexity index is 243. The first kappa shape index (κ1) is 8.09. The SMILES string of the molecule is FC(F)C1(F)C2CC3CNC1C3C2. The van der Waals surface area contributed by atoms with Gasteiger partial charge >= 0.3 is 0 Å². The maximum absolute atomic E-state index is 14.0. The van der Waals surface area contributed by atoms with Gasteiger partial charge in [-0.3, -0.25) is 0 Å². The summed E-state index contributed by atoms with van der Waals surface area (Å²) in [7, 11) is 0. The van der Waals surface area contributed by atoms with Crippen LogP contribution in [0.25, 0.3) is 0 Å². The van der Waals surface area contributed by atoms with Crippen LogP contribution in [0, 0.1) is 17.8 Å². The van der Waals surface area contributed by atoms with E-state index in [4.69, 9.17) is 0 Å². The van der Waals surface area contributed by atoms with Crippen molar-refractivity contribution in [3.05, 3.63) is 0 Å². The number of alkyl halides is 3. The van der Waals surface area contributed by atoms with Gasteiger partial charge in [-0.15, -0.1) is 0 Å². The predicted octanol–water partition coefficient (Wildman–Crippen LogP) is 1.59. The summed E-state index contributed by atoms with van der Waals surface area (Å²) >= 11 is 0. The average Bonchev–Trinajstić information content (AvgIpc) is 2.61. The van der Waals surface area contributed by atoms with Gasteiger partial charge in [0.1, 0.15) is 0 Å². The molecule has 0 aromatic heterocycles. The van der Waals surface area contributed by atoms with Crippen LogP contribution in [0.5, 0.6) is 0 Å². The number of hydrogen-bond acceptors (Lipinski definition) is 1. The van der Waals surface area contributed by atoms with Gasteiger partial charge in [-0.05, 0) is 31.2 Å². The van der Waals surface area contributed by atoms with E-state index >= 15 is 0 Å². The monoisotopic (exact) mass is 191 g/mol. The number of fused-ring (bicyclic) bond motifs is 1. The lowest BCUT2D eigenvalue weighted by Gasteiger charge is -2.33. The molecule has 1 aliphatic heterocycles. The van der Waals surface area contributed by atoms with E-state index in [0.29, 0.717) is 18.8 Å². The molecule has 5 atom stereocenters. The fraction of sp³-hybridized carbons (Fsp3) is 1.00. The highest BCUT2D eigenvalue weighted by atomic mass is 19.3. The lowest BCUT2D eigenvalue weighted by atomic mass is 9.80. The third kappa shape index (κ3) is 0.744. The van der Waals surface area contributed by atoms with Crippen molar-refractivity contribution in [2.45, 2.75) is 31.0 Å². The van der Waals surface area contributed by atoms with Gasteiger partial charge in [0.15, 0.2) is 5.67 Å². The van der Waals surface area contributed by atoms with Crippen molar-refractivity contribution in [1.82, 2.24) is 5.32 Å². The average molecular weight is 191 g/mol. The highest BCUT2D eigenvalue weighted by Crippen LogP contribution is 2.59. The molecule has 0 spiro atoms. The normalized spacial score (nSPS) is 58.2. The number of rotatable bonds is 1. The molecule has 0 radical (unpaired) electrons. The highest BCUT2D eigenvalue weighted by Gasteiger charge is 2.68. The van der Waals surface area contributed by atoms with E-state index in [1.807, 2.05) is 0 Å². The Kier molecular flexibility index (Phi) is 1.38. The van der Waals surface area contributed by atoms with E-state index in [9.17, 15) is 13.2 Å². The zero-order chi connectivity index (χ0) is 9.22. The molecule has 1 N–H and O–H groups in total. The van der Waals surface area contributed by atoms with Gasteiger partial charge in [0.2, 0.25) is 0 Å². The second-order valence-corrected chi connectivity index (χ2v) is 4.61. The molecule has 1 heterocycles. The Balaban J connectivity index is 2.00. The van der Waals surface area contributed by atoms with Crippen molar-refractivity contribution in [1.29, 1.82) is 0 Å². The zero-order valence-corrected chi connectivity index (χ0v) is 7.14. The number of nitrogens with one attached hydrogen (secondary N) is 1. The molecule has 3 rings (SSSR count). The Hall–Kier alpha value is -0.250. The molecule has 0 aromatic carbocycles. The molecule has 0 aromatic rings. The van der Waals surface area contributed by atoms with Gasteiger partial charge in [-0.1, -0.05) is 0 Å². The maximum Gasteiger partial charge on any atom is 0.273 e. The Morgan fingerprint density at radius 3 is 2.77 bits per heavy atom. The molecule has 13 heavy (non-hydrogen) atoms. The molecule has 5 unspecified atom stereocenters. The molecule has 3 aliphatic rings. The molecular weight excluding hydrogens is 179 g/mol. The minimum absolute atomic E-state index is 0.184. The molecule has 1 saturated heterocycles. The van der Waals surface area contributed by atoms with E-state index in [1.54, 1.807) is 0 Å². The molecule has 0 amide bonds. The second-order valence-electron chi connectivity index (χ2n) is 4.61. The molecule has 74 valence electrons. The van der Waals surface area contributed by atoms with Gasteiger partial charge in [-0.2, -0.15) is 0 Å². The van der Waals surface area contributed by atoms with Crippen molar-refractivity contribution in [3.8, 4) is 0 Å². The summed E-state index contributed by atoms with van der Waals surface area (Å²) < 4.78 is 39.3. The number of halogens is 3. The summed E-state index contributed by atoms with van der Waals surface area (Å²) in [5.74, 6) is 0.268.